The lowest BCUT2D eigenvalue weighted by Crippen LogP contribution is -2.21. The number of carbonyl (C=O) groups excluding carboxylic acids is 3. The summed E-state index contributed by atoms with van der Waals surface area (Å²) in [5.41, 5.74) is 1.96. The molecule has 0 radical (unpaired) electrons. The third kappa shape index (κ3) is 2.42. The van der Waals surface area contributed by atoms with Crippen LogP contribution in [0.1, 0.15) is 63.0 Å². The number of Topliss-reactive ketones (excluding diaryl/α,β-unsaturated/α-hetero) is 1. The van der Waals surface area contributed by atoms with Crippen LogP contribution in [0, 0.1) is 0 Å². The molecule has 0 aromatic heterocycles. The molecular formula is C18H16O3. The van der Waals surface area contributed by atoms with Gasteiger partial charge < -0.3 is 0 Å². The van der Waals surface area contributed by atoms with Gasteiger partial charge in [0.2, 0.25) is 0 Å². The lowest BCUT2D eigenvalue weighted by molar-refractivity contribution is 0.0977. The molecule has 0 unspecified atom stereocenters. The molecule has 0 aliphatic heterocycles. The zero-order valence-corrected chi connectivity index (χ0v) is 12.3. The van der Waals surface area contributed by atoms with Gasteiger partial charge in [-0.15, -0.1) is 0 Å². The fraction of sp³-hybridized carbons (Fsp3) is 0.167. The largest absolute Gasteiger partial charge is 0.295 e. The molecule has 1 aliphatic rings. The summed E-state index contributed by atoms with van der Waals surface area (Å²) in [7, 11) is 0. The fourth-order valence-corrected chi connectivity index (χ4v) is 2.32. The third-order valence-electron chi connectivity index (χ3n) is 3.33. The zero-order valence-electron chi connectivity index (χ0n) is 12.3. The summed E-state index contributed by atoms with van der Waals surface area (Å²) >= 11 is 0. The smallest absolute Gasteiger partial charge is 0.194 e. The summed E-state index contributed by atoms with van der Waals surface area (Å²) in [5, 5.41) is 0. The second-order valence-corrected chi connectivity index (χ2v) is 4.52. The van der Waals surface area contributed by atoms with Crippen molar-refractivity contribution in [1.82, 2.24) is 0 Å². The van der Waals surface area contributed by atoms with Crippen molar-refractivity contribution < 1.29 is 14.4 Å². The molecule has 0 heterocycles. The van der Waals surface area contributed by atoms with Crippen molar-refractivity contribution in [3.63, 3.8) is 0 Å². The van der Waals surface area contributed by atoms with Gasteiger partial charge in [0.1, 0.15) is 0 Å². The van der Waals surface area contributed by atoms with Gasteiger partial charge in [0.05, 0.1) is 0 Å². The molecule has 3 nitrogen and oxygen atoms in total. The molecule has 106 valence electrons. The molecule has 2 aromatic carbocycles. The minimum atomic E-state index is -0.201. The SMILES string of the molecule is CC.CC(=O)c1ccc2c(c1)C(=O)c1ccccc1C2=O. The van der Waals surface area contributed by atoms with Gasteiger partial charge in [-0.05, 0) is 19.1 Å². The summed E-state index contributed by atoms with van der Waals surface area (Å²) in [4.78, 5) is 36.0. The number of hydrogen-bond donors (Lipinski definition) is 0. The Labute approximate surface area is 123 Å². The van der Waals surface area contributed by atoms with Gasteiger partial charge >= 0.3 is 0 Å². The van der Waals surface area contributed by atoms with Crippen LogP contribution in [0.5, 0.6) is 0 Å². The van der Waals surface area contributed by atoms with Crippen molar-refractivity contribution >= 4 is 17.3 Å². The van der Waals surface area contributed by atoms with Crippen LogP contribution in [0.3, 0.4) is 0 Å². The average Bonchev–Trinajstić information content (AvgIpc) is 2.54. The number of ketones is 3. The molecular weight excluding hydrogens is 264 g/mol. The first-order valence-corrected chi connectivity index (χ1v) is 6.93. The van der Waals surface area contributed by atoms with E-state index in [0.29, 0.717) is 27.8 Å². The van der Waals surface area contributed by atoms with Crippen molar-refractivity contribution in [2.45, 2.75) is 20.8 Å². The first-order valence-electron chi connectivity index (χ1n) is 6.93. The van der Waals surface area contributed by atoms with E-state index in [0.717, 1.165) is 0 Å². The highest BCUT2D eigenvalue weighted by Crippen LogP contribution is 2.27. The molecule has 0 N–H and O–H groups in total. The van der Waals surface area contributed by atoms with E-state index in [1.807, 2.05) is 13.8 Å². The highest BCUT2D eigenvalue weighted by molar-refractivity contribution is 6.28. The van der Waals surface area contributed by atoms with E-state index >= 15 is 0 Å². The molecule has 2 aromatic rings. The minimum Gasteiger partial charge on any atom is -0.295 e. The van der Waals surface area contributed by atoms with Gasteiger partial charge in [-0.2, -0.15) is 0 Å². The Morgan fingerprint density at radius 3 is 1.76 bits per heavy atom. The maximum Gasteiger partial charge on any atom is 0.194 e. The second kappa shape index (κ2) is 5.83. The van der Waals surface area contributed by atoms with Gasteiger partial charge in [-0.25, -0.2) is 0 Å². The van der Waals surface area contributed by atoms with E-state index < -0.39 is 0 Å². The molecule has 0 saturated heterocycles. The number of benzene rings is 2. The van der Waals surface area contributed by atoms with E-state index in [9.17, 15) is 14.4 Å². The Kier molecular flexibility index (Phi) is 4.13. The van der Waals surface area contributed by atoms with Gasteiger partial charge in [0.15, 0.2) is 17.3 Å². The van der Waals surface area contributed by atoms with E-state index in [4.69, 9.17) is 0 Å². The predicted molar refractivity (Wildman–Crippen MR) is 81.1 cm³/mol. The van der Waals surface area contributed by atoms with Crippen molar-refractivity contribution in [2.24, 2.45) is 0 Å². The van der Waals surface area contributed by atoms with Crippen LogP contribution in [0.2, 0.25) is 0 Å². The molecule has 1 aliphatic carbocycles. The Bertz CT molecular complexity index is 742. The van der Waals surface area contributed by atoms with Gasteiger partial charge in [0, 0.05) is 27.8 Å². The standard InChI is InChI=1S/C16H10O3.C2H6/c1-9(17)10-6-7-13-14(8-10)16(19)12-5-3-2-4-11(12)15(13)18;1-2/h2-8H,1H3;1-2H3. The van der Waals surface area contributed by atoms with Crippen molar-refractivity contribution in [2.75, 3.05) is 0 Å². The lowest BCUT2D eigenvalue weighted by Gasteiger charge is -2.17. The van der Waals surface area contributed by atoms with Crippen LogP contribution >= 0.6 is 0 Å². The fourth-order valence-electron chi connectivity index (χ4n) is 2.32. The Hall–Kier alpha value is -2.55. The van der Waals surface area contributed by atoms with Crippen LogP contribution in [0.4, 0.5) is 0 Å². The summed E-state index contributed by atoms with van der Waals surface area (Å²) in [6, 6.07) is 11.4. The molecule has 0 amide bonds. The first kappa shape index (κ1) is 14.9. The molecule has 3 rings (SSSR count). The second-order valence-electron chi connectivity index (χ2n) is 4.52. The summed E-state index contributed by atoms with van der Waals surface area (Å²) in [5.74, 6) is -0.490. The van der Waals surface area contributed by atoms with E-state index in [1.165, 1.54) is 13.0 Å². The maximum absolute atomic E-state index is 12.4. The number of fused-ring (bicyclic) bond motifs is 2. The summed E-state index contributed by atoms with van der Waals surface area (Å²) in [6.45, 7) is 5.44. The van der Waals surface area contributed by atoms with E-state index in [-0.39, 0.29) is 17.3 Å². The van der Waals surface area contributed by atoms with Crippen LogP contribution < -0.4 is 0 Å². The molecule has 0 saturated carbocycles. The summed E-state index contributed by atoms with van der Waals surface area (Å²) < 4.78 is 0. The number of hydrogen-bond acceptors (Lipinski definition) is 3. The van der Waals surface area contributed by atoms with Gasteiger partial charge in [0.25, 0.3) is 0 Å². The van der Waals surface area contributed by atoms with Gasteiger partial charge in [-0.1, -0.05) is 44.2 Å². The van der Waals surface area contributed by atoms with E-state index in [1.54, 1.807) is 36.4 Å². The van der Waals surface area contributed by atoms with Crippen LogP contribution in [-0.4, -0.2) is 17.3 Å². The normalized spacial score (nSPS) is 12.0. The van der Waals surface area contributed by atoms with Crippen LogP contribution in [-0.2, 0) is 0 Å². The monoisotopic (exact) mass is 280 g/mol. The van der Waals surface area contributed by atoms with Crippen molar-refractivity contribution in [3.05, 3.63) is 70.3 Å². The lowest BCUT2D eigenvalue weighted by atomic mass is 9.83. The quantitative estimate of drug-likeness (QED) is 0.639. The molecule has 0 spiro atoms. The molecule has 21 heavy (non-hydrogen) atoms. The average molecular weight is 280 g/mol. The van der Waals surface area contributed by atoms with E-state index in [2.05, 4.69) is 0 Å². The summed E-state index contributed by atoms with van der Waals surface area (Å²) in [6.07, 6.45) is 0. The zero-order chi connectivity index (χ0) is 15.6. The van der Waals surface area contributed by atoms with Crippen LogP contribution in [0.25, 0.3) is 0 Å². The Morgan fingerprint density at radius 1 is 0.762 bits per heavy atom. The molecule has 0 bridgehead atoms. The van der Waals surface area contributed by atoms with Crippen molar-refractivity contribution in [1.29, 1.82) is 0 Å². The molecule has 0 fully saturated rings. The number of carbonyl (C=O) groups is 3. The Morgan fingerprint density at radius 2 is 1.24 bits per heavy atom. The highest BCUT2D eigenvalue weighted by atomic mass is 16.1. The van der Waals surface area contributed by atoms with Crippen LogP contribution in [0.15, 0.2) is 42.5 Å². The Balaban J connectivity index is 0.000000774. The number of rotatable bonds is 1. The highest BCUT2D eigenvalue weighted by Gasteiger charge is 2.29. The van der Waals surface area contributed by atoms with Gasteiger partial charge in [-0.3, -0.25) is 14.4 Å². The van der Waals surface area contributed by atoms with Crippen molar-refractivity contribution in [3.8, 4) is 0 Å². The third-order valence-corrected chi connectivity index (χ3v) is 3.33. The predicted octanol–water partition coefficient (Wildman–Crippen LogP) is 3.69. The topological polar surface area (TPSA) is 51.2 Å². The first-order chi connectivity index (χ1) is 10.1. The minimum absolute atomic E-state index is 0.123. The molecule has 3 heteroatoms. The maximum atomic E-state index is 12.4. The molecule has 0 atom stereocenters.